The van der Waals surface area contributed by atoms with Crippen LogP contribution >= 0.6 is 11.6 Å². The summed E-state index contributed by atoms with van der Waals surface area (Å²) >= 11 is 6.14. The first-order valence-electron chi connectivity index (χ1n) is 9.86. The normalized spacial score (nSPS) is 10.8. The van der Waals surface area contributed by atoms with E-state index in [0.29, 0.717) is 11.4 Å². The molecule has 2 aromatic heterocycles. The van der Waals surface area contributed by atoms with Gasteiger partial charge in [-0.2, -0.15) is 0 Å². The van der Waals surface area contributed by atoms with Crippen LogP contribution in [0, 0.1) is 19.7 Å². The van der Waals surface area contributed by atoms with E-state index in [1.54, 1.807) is 38.1 Å². The molecule has 10 heteroatoms. The monoisotopic (exact) mass is 468 g/mol. The number of carbonyl (C=O) groups excluding carboxylic acids is 2. The summed E-state index contributed by atoms with van der Waals surface area (Å²) in [5.74, 6) is -0.793. The molecule has 33 heavy (non-hydrogen) atoms. The first-order valence-corrected chi connectivity index (χ1v) is 10.2. The van der Waals surface area contributed by atoms with E-state index in [-0.39, 0.29) is 45.7 Å². The number of nitrogens with one attached hydrogen (secondary N) is 2. The molecular formula is C23H18ClFN4O4. The lowest BCUT2D eigenvalue weighted by atomic mass is 10.0. The summed E-state index contributed by atoms with van der Waals surface area (Å²) in [5, 5.41) is 13.1. The van der Waals surface area contributed by atoms with Crippen molar-refractivity contribution >= 4 is 29.1 Å². The van der Waals surface area contributed by atoms with E-state index in [0.717, 1.165) is 5.56 Å². The lowest BCUT2D eigenvalue weighted by molar-refractivity contribution is 0.0941. The van der Waals surface area contributed by atoms with Crippen molar-refractivity contribution in [3.8, 4) is 11.3 Å². The zero-order valence-electron chi connectivity index (χ0n) is 17.6. The van der Waals surface area contributed by atoms with Crippen LogP contribution in [0.3, 0.4) is 0 Å². The standard InChI is InChI=1S/C23H18ClFN4O4/c1-12-9-18(28-32-12)22(30)26-11-14-5-3-6-15(10-14)27-23(31)19-13(2)33-29-21(19)20-16(24)7-4-8-17(20)25/h3-10H,11H2,1-2H3,(H,26,30)(H,27,31). The van der Waals surface area contributed by atoms with Crippen molar-refractivity contribution in [3.63, 3.8) is 0 Å². The zero-order chi connectivity index (χ0) is 23.5. The zero-order valence-corrected chi connectivity index (χ0v) is 18.4. The molecule has 0 aliphatic heterocycles. The van der Waals surface area contributed by atoms with E-state index in [9.17, 15) is 14.0 Å². The van der Waals surface area contributed by atoms with Gasteiger partial charge in [0.1, 0.15) is 28.6 Å². The lowest BCUT2D eigenvalue weighted by Gasteiger charge is -2.09. The number of hydrogen-bond donors (Lipinski definition) is 2. The molecule has 2 aromatic carbocycles. The fraction of sp³-hybridized carbons (Fsp3) is 0.130. The van der Waals surface area contributed by atoms with Gasteiger partial charge in [0, 0.05) is 18.3 Å². The van der Waals surface area contributed by atoms with Crippen molar-refractivity contribution in [2.75, 3.05) is 5.32 Å². The predicted molar refractivity (Wildman–Crippen MR) is 118 cm³/mol. The van der Waals surface area contributed by atoms with Crippen molar-refractivity contribution in [2.24, 2.45) is 0 Å². The van der Waals surface area contributed by atoms with Crippen molar-refractivity contribution < 1.29 is 23.0 Å². The van der Waals surface area contributed by atoms with Crippen LogP contribution in [0.5, 0.6) is 0 Å². The lowest BCUT2D eigenvalue weighted by Crippen LogP contribution is -2.23. The molecule has 0 aliphatic rings. The second-order valence-electron chi connectivity index (χ2n) is 7.22. The average molecular weight is 469 g/mol. The summed E-state index contributed by atoms with van der Waals surface area (Å²) in [5.41, 5.74) is 1.46. The molecule has 0 atom stereocenters. The molecule has 8 nitrogen and oxygen atoms in total. The van der Waals surface area contributed by atoms with Crippen LogP contribution < -0.4 is 10.6 Å². The molecule has 0 bridgehead atoms. The maximum atomic E-state index is 14.4. The third kappa shape index (κ3) is 4.78. The smallest absolute Gasteiger partial charge is 0.273 e. The number of anilines is 1. The highest BCUT2D eigenvalue weighted by atomic mass is 35.5. The van der Waals surface area contributed by atoms with E-state index >= 15 is 0 Å². The molecule has 2 heterocycles. The Morgan fingerprint density at radius 1 is 1.03 bits per heavy atom. The molecule has 4 aromatic rings. The summed E-state index contributed by atoms with van der Waals surface area (Å²) in [6, 6.07) is 12.6. The van der Waals surface area contributed by atoms with Gasteiger partial charge in [-0.1, -0.05) is 40.1 Å². The SMILES string of the molecule is Cc1cc(C(=O)NCc2cccc(NC(=O)c3c(-c4c(F)cccc4Cl)noc3C)c2)no1. The molecule has 4 rings (SSSR count). The Kier molecular flexibility index (Phi) is 6.23. The van der Waals surface area contributed by atoms with Crippen molar-refractivity contribution in [1.82, 2.24) is 15.6 Å². The minimum atomic E-state index is -0.620. The maximum Gasteiger partial charge on any atom is 0.273 e. The fourth-order valence-electron chi connectivity index (χ4n) is 3.23. The number of halogens is 2. The van der Waals surface area contributed by atoms with Crippen LogP contribution in [-0.2, 0) is 6.54 Å². The number of benzene rings is 2. The molecular weight excluding hydrogens is 451 g/mol. The van der Waals surface area contributed by atoms with Gasteiger partial charge in [0.2, 0.25) is 0 Å². The van der Waals surface area contributed by atoms with Gasteiger partial charge in [-0.3, -0.25) is 9.59 Å². The van der Waals surface area contributed by atoms with E-state index in [4.69, 9.17) is 20.6 Å². The minimum absolute atomic E-state index is 0.0132. The number of rotatable bonds is 6. The van der Waals surface area contributed by atoms with Crippen molar-refractivity contribution in [2.45, 2.75) is 20.4 Å². The van der Waals surface area contributed by atoms with Crippen LogP contribution in [0.15, 0.2) is 57.6 Å². The third-order valence-electron chi connectivity index (χ3n) is 4.79. The Balaban J connectivity index is 1.51. The Labute approximate surface area is 192 Å². The van der Waals surface area contributed by atoms with Gasteiger partial charge in [-0.15, -0.1) is 0 Å². The summed E-state index contributed by atoms with van der Waals surface area (Å²) in [4.78, 5) is 25.2. The molecule has 0 radical (unpaired) electrons. The predicted octanol–water partition coefficient (Wildman–Crippen LogP) is 4.92. The Morgan fingerprint density at radius 3 is 2.55 bits per heavy atom. The van der Waals surface area contributed by atoms with E-state index in [1.165, 1.54) is 24.3 Å². The van der Waals surface area contributed by atoms with Crippen LogP contribution in [0.25, 0.3) is 11.3 Å². The molecule has 2 N–H and O–H groups in total. The molecule has 0 saturated heterocycles. The van der Waals surface area contributed by atoms with E-state index in [2.05, 4.69) is 20.9 Å². The quantitative estimate of drug-likeness (QED) is 0.415. The number of amides is 2. The first-order chi connectivity index (χ1) is 15.8. The largest absolute Gasteiger partial charge is 0.361 e. The summed E-state index contributed by atoms with van der Waals surface area (Å²) < 4.78 is 24.5. The Bertz CT molecular complexity index is 1330. The Hall–Kier alpha value is -3.98. The summed E-state index contributed by atoms with van der Waals surface area (Å²) in [6.07, 6.45) is 0. The van der Waals surface area contributed by atoms with Crippen molar-refractivity contribution in [1.29, 1.82) is 0 Å². The summed E-state index contributed by atoms with van der Waals surface area (Å²) in [7, 11) is 0. The molecule has 168 valence electrons. The van der Waals surface area contributed by atoms with Gasteiger partial charge in [-0.05, 0) is 43.7 Å². The van der Waals surface area contributed by atoms with Crippen LogP contribution in [0.1, 0.15) is 37.9 Å². The summed E-state index contributed by atoms with van der Waals surface area (Å²) in [6.45, 7) is 3.45. The third-order valence-corrected chi connectivity index (χ3v) is 5.10. The maximum absolute atomic E-state index is 14.4. The fourth-order valence-corrected chi connectivity index (χ4v) is 3.49. The number of aromatic nitrogens is 2. The molecule has 0 aliphatic carbocycles. The Morgan fingerprint density at radius 2 is 1.82 bits per heavy atom. The van der Waals surface area contributed by atoms with Crippen LogP contribution in [0.4, 0.5) is 10.1 Å². The van der Waals surface area contributed by atoms with E-state index in [1.807, 2.05) is 0 Å². The van der Waals surface area contributed by atoms with Gasteiger partial charge < -0.3 is 19.7 Å². The second-order valence-corrected chi connectivity index (χ2v) is 7.63. The minimum Gasteiger partial charge on any atom is -0.361 e. The van der Waals surface area contributed by atoms with Crippen LogP contribution in [0.2, 0.25) is 5.02 Å². The van der Waals surface area contributed by atoms with Gasteiger partial charge in [0.05, 0.1) is 10.6 Å². The molecule has 0 spiro atoms. The van der Waals surface area contributed by atoms with Crippen LogP contribution in [-0.4, -0.2) is 22.1 Å². The molecule has 0 unspecified atom stereocenters. The second kappa shape index (κ2) is 9.25. The number of aryl methyl sites for hydroxylation is 2. The first kappa shape index (κ1) is 22.2. The van der Waals surface area contributed by atoms with Gasteiger partial charge in [0.25, 0.3) is 11.8 Å². The molecule has 0 fully saturated rings. The number of carbonyl (C=O) groups is 2. The van der Waals surface area contributed by atoms with Gasteiger partial charge in [-0.25, -0.2) is 4.39 Å². The van der Waals surface area contributed by atoms with E-state index < -0.39 is 11.7 Å². The van der Waals surface area contributed by atoms with Crippen molar-refractivity contribution in [3.05, 3.63) is 87.7 Å². The highest BCUT2D eigenvalue weighted by Crippen LogP contribution is 2.33. The topological polar surface area (TPSA) is 110 Å². The number of nitrogens with zero attached hydrogens (tertiary/aromatic N) is 2. The van der Waals surface area contributed by atoms with Gasteiger partial charge >= 0.3 is 0 Å². The molecule has 2 amide bonds. The highest BCUT2D eigenvalue weighted by Gasteiger charge is 2.25. The molecule has 0 saturated carbocycles. The number of hydrogen-bond acceptors (Lipinski definition) is 6. The highest BCUT2D eigenvalue weighted by molar-refractivity contribution is 6.33. The average Bonchev–Trinajstić information content (AvgIpc) is 3.38. The van der Waals surface area contributed by atoms with Gasteiger partial charge in [0.15, 0.2) is 5.69 Å².